The van der Waals surface area contributed by atoms with E-state index in [-0.39, 0.29) is 18.5 Å². The van der Waals surface area contributed by atoms with Crippen LogP contribution in [-0.4, -0.2) is 69.4 Å². The Bertz CT molecular complexity index is 1080. The predicted octanol–water partition coefficient (Wildman–Crippen LogP) is 1.91. The molecule has 1 amide bonds. The lowest BCUT2D eigenvalue weighted by atomic mass is 10.1. The molecule has 0 spiro atoms. The molecule has 9 heteroatoms. The SMILES string of the molecule is O=C(c1ccc(N2CCCS2(=O)=O)cc1)N1CCN(Cc2ccc3c(c2)OCO3)CC1. The zero-order valence-electron chi connectivity index (χ0n) is 17.2. The van der Waals surface area contributed by atoms with E-state index < -0.39 is 10.0 Å². The Kier molecular flexibility index (Phi) is 5.23. The van der Waals surface area contributed by atoms with Gasteiger partial charge in [-0.25, -0.2) is 8.42 Å². The molecule has 0 unspecified atom stereocenters. The van der Waals surface area contributed by atoms with Crippen LogP contribution in [0.2, 0.25) is 0 Å². The number of benzene rings is 2. The molecule has 8 nitrogen and oxygen atoms in total. The fourth-order valence-corrected chi connectivity index (χ4v) is 5.85. The largest absolute Gasteiger partial charge is 0.454 e. The Morgan fingerprint density at radius 2 is 1.65 bits per heavy atom. The van der Waals surface area contributed by atoms with Crippen LogP contribution < -0.4 is 13.8 Å². The van der Waals surface area contributed by atoms with Crippen LogP contribution in [0.1, 0.15) is 22.3 Å². The van der Waals surface area contributed by atoms with Crippen molar-refractivity contribution in [3.63, 3.8) is 0 Å². The molecule has 2 aromatic rings. The molecule has 2 saturated heterocycles. The second-order valence-corrected chi connectivity index (χ2v) is 10.1. The molecule has 0 aromatic heterocycles. The summed E-state index contributed by atoms with van der Waals surface area (Å²) < 4.78 is 36.4. The Balaban J connectivity index is 1.17. The summed E-state index contributed by atoms with van der Waals surface area (Å²) in [6.45, 7) is 4.49. The number of hydrogen-bond acceptors (Lipinski definition) is 6. The van der Waals surface area contributed by atoms with E-state index in [2.05, 4.69) is 4.90 Å². The molecule has 0 N–H and O–H groups in total. The van der Waals surface area contributed by atoms with Crippen molar-refractivity contribution in [1.29, 1.82) is 0 Å². The van der Waals surface area contributed by atoms with Gasteiger partial charge in [0.25, 0.3) is 5.91 Å². The second-order valence-electron chi connectivity index (χ2n) is 8.04. The topological polar surface area (TPSA) is 79.4 Å². The van der Waals surface area contributed by atoms with Crippen molar-refractivity contribution < 1.29 is 22.7 Å². The number of hydrogen-bond donors (Lipinski definition) is 0. The van der Waals surface area contributed by atoms with Gasteiger partial charge < -0.3 is 14.4 Å². The zero-order valence-corrected chi connectivity index (χ0v) is 18.0. The van der Waals surface area contributed by atoms with Gasteiger partial charge in [0.2, 0.25) is 16.8 Å². The maximum absolute atomic E-state index is 12.9. The Labute approximate surface area is 182 Å². The number of nitrogens with zero attached hydrogens (tertiary/aromatic N) is 3. The Hall–Kier alpha value is -2.78. The number of sulfonamides is 1. The molecule has 5 rings (SSSR count). The van der Waals surface area contributed by atoms with Crippen LogP contribution in [0.3, 0.4) is 0 Å². The standard InChI is InChI=1S/C22H25N3O5S/c26-22(18-3-5-19(6-4-18)25-8-1-13-31(25,27)28)24-11-9-23(10-12-24)15-17-2-7-20-21(14-17)30-16-29-20/h2-7,14H,1,8-13,15-16H2. The van der Waals surface area contributed by atoms with E-state index in [4.69, 9.17) is 9.47 Å². The smallest absolute Gasteiger partial charge is 0.253 e. The number of carbonyl (C=O) groups is 1. The summed E-state index contributed by atoms with van der Waals surface area (Å²) in [5, 5.41) is 0. The van der Waals surface area contributed by atoms with Gasteiger partial charge in [0.15, 0.2) is 11.5 Å². The van der Waals surface area contributed by atoms with Crippen molar-refractivity contribution in [2.45, 2.75) is 13.0 Å². The number of rotatable bonds is 4. The number of fused-ring (bicyclic) bond motifs is 1. The molecule has 3 aliphatic heterocycles. The van der Waals surface area contributed by atoms with Gasteiger partial charge in [0.05, 0.1) is 11.4 Å². The summed E-state index contributed by atoms with van der Waals surface area (Å²) >= 11 is 0. The van der Waals surface area contributed by atoms with Gasteiger partial charge in [-0.1, -0.05) is 6.07 Å². The summed E-state index contributed by atoms with van der Waals surface area (Å²) in [6, 6.07) is 12.9. The van der Waals surface area contributed by atoms with Crippen molar-refractivity contribution in [2.24, 2.45) is 0 Å². The Morgan fingerprint density at radius 3 is 2.35 bits per heavy atom. The molecule has 3 aliphatic rings. The molecule has 0 saturated carbocycles. The van der Waals surface area contributed by atoms with Gasteiger partial charge in [-0.3, -0.25) is 14.0 Å². The first-order valence-corrected chi connectivity index (χ1v) is 12.1. The van der Waals surface area contributed by atoms with Crippen molar-refractivity contribution in [1.82, 2.24) is 9.80 Å². The number of amides is 1. The van der Waals surface area contributed by atoms with Crippen LogP contribution >= 0.6 is 0 Å². The number of piperazine rings is 1. The van der Waals surface area contributed by atoms with Gasteiger partial charge in [-0.05, 0) is 48.4 Å². The minimum Gasteiger partial charge on any atom is -0.454 e. The highest BCUT2D eigenvalue weighted by atomic mass is 32.2. The molecule has 3 heterocycles. The van der Waals surface area contributed by atoms with Gasteiger partial charge in [-0.15, -0.1) is 0 Å². The van der Waals surface area contributed by atoms with Crippen LogP contribution in [0.25, 0.3) is 0 Å². The molecule has 0 bridgehead atoms. The van der Waals surface area contributed by atoms with Gasteiger partial charge in [-0.2, -0.15) is 0 Å². The highest BCUT2D eigenvalue weighted by Crippen LogP contribution is 2.33. The summed E-state index contributed by atoms with van der Waals surface area (Å²) in [5.74, 6) is 1.74. The first-order valence-electron chi connectivity index (χ1n) is 10.5. The van der Waals surface area contributed by atoms with E-state index in [9.17, 15) is 13.2 Å². The average molecular weight is 444 g/mol. The number of carbonyl (C=O) groups excluding carboxylic acids is 1. The van der Waals surface area contributed by atoms with Crippen molar-refractivity contribution >= 4 is 21.6 Å². The summed E-state index contributed by atoms with van der Waals surface area (Å²) in [5.41, 5.74) is 2.38. The highest BCUT2D eigenvalue weighted by Gasteiger charge is 2.29. The zero-order chi connectivity index (χ0) is 21.4. The average Bonchev–Trinajstić information content (AvgIpc) is 3.39. The lowest BCUT2D eigenvalue weighted by Gasteiger charge is -2.35. The molecular formula is C22H25N3O5S. The minimum absolute atomic E-state index is 0.0152. The molecule has 0 aliphatic carbocycles. The highest BCUT2D eigenvalue weighted by molar-refractivity contribution is 7.93. The summed E-state index contributed by atoms with van der Waals surface area (Å²) in [4.78, 5) is 17.1. The third-order valence-electron chi connectivity index (χ3n) is 6.00. The molecule has 31 heavy (non-hydrogen) atoms. The quantitative estimate of drug-likeness (QED) is 0.718. The monoisotopic (exact) mass is 443 g/mol. The van der Waals surface area contributed by atoms with E-state index in [0.29, 0.717) is 37.3 Å². The molecular weight excluding hydrogens is 418 g/mol. The molecule has 0 radical (unpaired) electrons. The Morgan fingerprint density at radius 1 is 0.903 bits per heavy atom. The van der Waals surface area contributed by atoms with Crippen LogP contribution in [-0.2, 0) is 16.6 Å². The van der Waals surface area contributed by atoms with E-state index in [1.54, 1.807) is 24.3 Å². The van der Waals surface area contributed by atoms with Crippen molar-refractivity contribution in [3.05, 3.63) is 53.6 Å². The second kappa shape index (κ2) is 8.05. The third-order valence-corrected chi connectivity index (χ3v) is 7.87. The maximum Gasteiger partial charge on any atom is 0.253 e. The van der Waals surface area contributed by atoms with Crippen molar-refractivity contribution in [3.8, 4) is 11.5 Å². The van der Waals surface area contributed by atoms with Gasteiger partial charge >= 0.3 is 0 Å². The fourth-order valence-electron chi connectivity index (χ4n) is 4.29. The van der Waals surface area contributed by atoms with E-state index >= 15 is 0 Å². The first-order chi connectivity index (χ1) is 15.0. The van der Waals surface area contributed by atoms with Gasteiger partial charge in [0.1, 0.15) is 0 Å². The van der Waals surface area contributed by atoms with E-state index in [1.165, 1.54) is 4.31 Å². The minimum atomic E-state index is -3.21. The third kappa shape index (κ3) is 4.07. The summed E-state index contributed by atoms with van der Waals surface area (Å²) in [6.07, 6.45) is 0.638. The van der Waals surface area contributed by atoms with Crippen LogP contribution in [0, 0.1) is 0 Å². The lowest BCUT2D eigenvalue weighted by molar-refractivity contribution is 0.0628. The molecule has 164 valence electrons. The number of anilines is 1. The van der Waals surface area contributed by atoms with Gasteiger partial charge in [0, 0.05) is 44.8 Å². The lowest BCUT2D eigenvalue weighted by Crippen LogP contribution is -2.48. The maximum atomic E-state index is 12.9. The first kappa shape index (κ1) is 20.1. The number of ether oxygens (including phenoxy) is 2. The predicted molar refractivity (Wildman–Crippen MR) is 116 cm³/mol. The van der Waals surface area contributed by atoms with E-state index in [0.717, 1.165) is 36.7 Å². The normalized spacial score (nSPS) is 20.3. The van der Waals surface area contributed by atoms with Crippen LogP contribution in [0.4, 0.5) is 5.69 Å². The van der Waals surface area contributed by atoms with Crippen LogP contribution in [0.15, 0.2) is 42.5 Å². The van der Waals surface area contributed by atoms with Crippen molar-refractivity contribution in [2.75, 3.05) is 49.6 Å². The van der Waals surface area contributed by atoms with Crippen LogP contribution in [0.5, 0.6) is 11.5 Å². The molecule has 2 aromatic carbocycles. The van der Waals surface area contributed by atoms with E-state index in [1.807, 2.05) is 23.1 Å². The summed E-state index contributed by atoms with van der Waals surface area (Å²) in [7, 11) is -3.21. The molecule has 0 atom stereocenters. The molecule has 2 fully saturated rings. The fraction of sp³-hybridized carbons (Fsp3) is 0.409.